The number of hydrogen-bond acceptors (Lipinski definition) is 2. The zero-order valence-electron chi connectivity index (χ0n) is 10.8. The minimum atomic E-state index is 1.09. The van der Waals surface area contributed by atoms with Crippen LogP contribution in [0.4, 0.5) is 0 Å². The topological polar surface area (TPSA) is 15.3 Å². The first-order valence-corrected chi connectivity index (χ1v) is 5.62. The number of nitrogens with zero attached hydrogens (tertiary/aromatic N) is 1. The third-order valence-corrected chi connectivity index (χ3v) is 1.21. The Labute approximate surface area is 85.7 Å². The van der Waals surface area contributed by atoms with Crippen LogP contribution in [-0.4, -0.2) is 38.6 Å². The Bertz CT molecular complexity index is 54.1. The van der Waals surface area contributed by atoms with Crippen LogP contribution in [-0.2, 0) is 0 Å². The summed E-state index contributed by atoms with van der Waals surface area (Å²) in [6.07, 6.45) is 1.25. The predicted octanol–water partition coefficient (Wildman–Crippen LogP) is 2.60. The van der Waals surface area contributed by atoms with Crippen LogP contribution >= 0.6 is 0 Å². The normalized spacial score (nSPS) is 8.31. The van der Waals surface area contributed by atoms with Gasteiger partial charge in [0.25, 0.3) is 0 Å². The fraction of sp³-hybridized carbons (Fsp3) is 1.00. The number of rotatable bonds is 5. The summed E-state index contributed by atoms with van der Waals surface area (Å²) in [7, 11) is 4.21. The second-order valence-electron chi connectivity index (χ2n) is 2.51. The highest BCUT2D eigenvalue weighted by molar-refractivity contribution is 4.47. The average molecular weight is 190 g/mol. The molecule has 0 aromatic carbocycles. The lowest BCUT2D eigenvalue weighted by Gasteiger charge is -2.08. The van der Waals surface area contributed by atoms with Crippen molar-refractivity contribution >= 4 is 0 Å². The monoisotopic (exact) mass is 190 g/mol. The second kappa shape index (κ2) is 22.7. The van der Waals surface area contributed by atoms with Crippen molar-refractivity contribution in [2.75, 3.05) is 33.7 Å². The van der Waals surface area contributed by atoms with E-state index in [-0.39, 0.29) is 0 Å². The van der Waals surface area contributed by atoms with Gasteiger partial charge < -0.3 is 10.2 Å². The van der Waals surface area contributed by atoms with E-state index in [4.69, 9.17) is 0 Å². The van der Waals surface area contributed by atoms with E-state index in [1.807, 2.05) is 27.7 Å². The summed E-state index contributed by atoms with van der Waals surface area (Å²) in [6, 6.07) is 0. The summed E-state index contributed by atoms with van der Waals surface area (Å²) in [6.45, 7) is 13.6. The van der Waals surface area contributed by atoms with Crippen molar-refractivity contribution in [3.8, 4) is 0 Å². The maximum absolute atomic E-state index is 3.28. The molecule has 0 unspecified atom stereocenters. The zero-order chi connectivity index (χ0) is 11.1. The van der Waals surface area contributed by atoms with E-state index in [9.17, 15) is 0 Å². The third kappa shape index (κ3) is 33.5. The van der Waals surface area contributed by atoms with Gasteiger partial charge in [-0.05, 0) is 40.2 Å². The van der Waals surface area contributed by atoms with Crippen LogP contribution in [0.1, 0.15) is 41.0 Å². The van der Waals surface area contributed by atoms with E-state index in [0.717, 1.165) is 13.1 Å². The van der Waals surface area contributed by atoms with Crippen molar-refractivity contribution in [2.45, 2.75) is 41.0 Å². The first kappa shape index (κ1) is 18.7. The van der Waals surface area contributed by atoms with Crippen LogP contribution in [0.5, 0.6) is 0 Å². The molecule has 0 saturated heterocycles. The van der Waals surface area contributed by atoms with Gasteiger partial charge in [-0.2, -0.15) is 0 Å². The Morgan fingerprint density at radius 1 is 1.00 bits per heavy atom. The summed E-state index contributed by atoms with van der Waals surface area (Å²) in [5.41, 5.74) is 0. The van der Waals surface area contributed by atoms with Crippen molar-refractivity contribution < 1.29 is 0 Å². The number of nitrogens with one attached hydrogen (secondary N) is 1. The molecule has 0 saturated carbocycles. The SMILES string of the molecule is CC.CC.CCNCCCN(C)C. The lowest BCUT2D eigenvalue weighted by molar-refractivity contribution is 0.395. The molecule has 0 amide bonds. The number of hydrogen-bond donors (Lipinski definition) is 1. The van der Waals surface area contributed by atoms with E-state index in [1.165, 1.54) is 13.0 Å². The molecular formula is C11H30N2. The molecule has 0 bridgehead atoms. The molecule has 84 valence electrons. The minimum absolute atomic E-state index is 1.09. The van der Waals surface area contributed by atoms with Crippen LogP contribution in [0.25, 0.3) is 0 Å². The fourth-order valence-electron chi connectivity index (χ4n) is 0.697. The molecule has 0 aromatic heterocycles. The van der Waals surface area contributed by atoms with E-state index in [0.29, 0.717) is 0 Å². The molecule has 0 fully saturated rings. The van der Waals surface area contributed by atoms with Crippen molar-refractivity contribution in [3.05, 3.63) is 0 Å². The molecular weight excluding hydrogens is 160 g/mol. The van der Waals surface area contributed by atoms with Crippen molar-refractivity contribution in [1.29, 1.82) is 0 Å². The van der Waals surface area contributed by atoms with Crippen molar-refractivity contribution in [2.24, 2.45) is 0 Å². The highest BCUT2D eigenvalue weighted by Crippen LogP contribution is 1.79. The van der Waals surface area contributed by atoms with Crippen LogP contribution in [0, 0.1) is 0 Å². The molecule has 0 aliphatic rings. The molecule has 0 rings (SSSR count). The van der Waals surface area contributed by atoms with Gasteiger partial charge in [0.2, 0.25) is 0 Å². The molecule has 0 spiro atoms. The largest absolute Gasteiger partial charge is 0.317 e. The Morgan fingerprint density at radius 2 is 1.46 bits per heavy atom. The lowest BCUT2D eigenvalue weighted by atomic mass is 10.4. The smallest absolute Gasteiger partial charge is 0.00127 e. The summed E-state index contributed by atoms with van der Waals surface area (Å²) in [4.78, 5) is 2.21. The first-order valence-electron chi connectivity index (χ1n) is 5.62. The standard InChI is InChI=1S/C7H18N2.2C2H6/c1-4-8-6-5-7-9(2)3;2*1-2/h8H,4-7H2,1-3H3;2*1-2H3. The van der Waals surface area contributed by atoms with E-state index >= 15 is 0 Å². The molecule has 2 nitrogen and oxygen atoms in total. The fourth-order valence-corrected chi connectivity index (χ4v) is 0.697. The Kier molecular flexibility index (Phi) is 32.5. The van der Waals surface area contributed by atoms with Crippen LogP contribution in [0.15, 0.2) is 0 Å². The Hall–Kier alpha value is -0.0800. The van der Waals surface area contributed by atoms with Gasteiger partial charge in [-0.1, -0.05) is 34.6 Å². The lowest BCUT2D eigenvalue weighted by Crippen LogP contribution is -2.20. The van der Waals surface area contributed by atoms with Crippen LogP contribution in [0.2, 0.25) is 0 Å². The summed E-state index contributed by atoms with van der Waals surface area (Å²) in [5.74, 6) is 0. The summed E-state index contributed by atoms with van der Waals surface area (Å²) >= 11 is 0. The average Bonchev–Trinajstić information content (AvgIpc) is 2.19. The molecule has 0 aliphatic heterocycles. The molecule has 0 aromatic rings. The molecule has 2 heteroatoms. The van der Waals surface area contributed by atoms with Gasteiger partial charge in [0.15, 0.2) is 0 Å². The van der Waals surface area contributed by atoms with Gasteiger partial charge in [-0.25, -0.2) is 0 Å². The third-order valence-electron chi connectivity index (χ3n) is 1.21. The van der Waals surface area contributed by atoms with E-state index in [1.54, 1.807) is 0 Å². The van der Waals surface area contributed by atoms with Crippen molar-refractivity contribution in [1.82, 2.24) is 10.2 Å². The quantitative estimate of drug-likeness (QED) is 0.670. The van der Waals surface area contributed by atoms with Gasteiger partial charge in [-0.15, -0.1) is 0 Å². The molecule has 0 aliphatic carbocycles. The minimum Gasteiger partial charge on any atom is -0.317 e. The Morgan fingerprint density at radius 3 is 1.77 bits per heavy atom. The maximum atomic E-state index is 3.28. The summed E-state index contributed by atoms with van der Waals surface area (Å²) in [5, 5.41) is 3.28. The second-order valence-corrected chi connectivity index (χ2v) is 2.51. The van der Waals surface area contributed by atoms with Crippen LogP contribution in [0.3, 0.4) is 0 Å². The maximum Gasteiger partial charge on any atom is -0.00127 e. The van der Waals surface area contributed by atoms with Gasteiger partial charge in [0, 0.05) is 0 Å². The molecule has 0 radical (unpaired) electrons. The molecule has 13 heavy (non-hydrogen) atoms. The van der Waals surface area contributed by atoms with E-state index in [2.05, 4.69) is 31.2 Å². The van der Waals surface area contributed by atoms with Crippen LogP contribution < -0.4 is 5.32 Å². The predicted molar refractivity (Wildman–Crippen MR) is 64.4 cm³/mol. The first-order chi connectivity index (χ1) is 6.27. The van der Waals surface area contributed by atoms with E-state index < -0.39 is 0 Å². The Balaban J connectivity index is -0.000000218. The van der Waals surface area contributed by atoms with Crippen molar-refractivity contribution in [3.63, 3.8) is 0 Å². The summed E-state index contributed by atoms with van der Waals surface area (Å²) < 4.78 is 0. The molecule has 0 atom stereocenters. The molecule has 1 N–H and O–H groups in total. The highest BCUT2D eigenvalue weighted by Gasteiger charge is 1.87. The zero-order valence-corrected chi connectivity index (χ0v) is 10.8. The van der Waals surface area contributed by atoms with Gasteiger partial charge in [0.05, 0.1) is 0 Å². The molecule has 0 heterocycles. The van der Waals surface area contributed by atoms with Gasteiger partial charge >= 0.3 is 0 Å². The van der Waals surface area contributed by atoms with Gasteiger partial charge in [-0.3, -0.25) is 0 Å². The van der Waals surface area contributed by atoms with Gasteiger partial charge in [0.1, 0.15) is 0 Å². The highest BCUT2D eigenvalue weighted by atomic mass is 15.0.